The average molecular weight is 190 g/mol. The van der Waals surface area contributed by atoms with Gasteiger partial charge >= 0.3 is 11.8 Å². The van der Waals surface area contributed by atoms with Crippen LogP contribution in [-0.2, 0) is 9.59 Å². The molecule has 0 saturated heterocycles. The van der Waals surface area contributed by atoms with E-state index in [1.807, 2.05) is 24.3 Å². The van der Waals surface area contributed by atoms with E-state index < -0.39 is 11.8 Å². The summed E-state index contributed by atoms with van der Waals surface area (Å²) >= 11 is 0. The van der Waals surface area contributed by atoms with E-state index in [0.717, 1.165) is 10.7 Å². The predicted octanol–water partition coefficient (Wildman–Crippen LogP) is -2.00. The molecule has 0 atom stereocenters. The molecule has 0 bridgehead atoms. The maximum atomic E-state index is 11.4. The second kappa shape index (κ2) is 2.83. The molecule has 0 aliphatic carbocycles. The second-order valence-corrected chi connectivity index (χ2v) is 3.22. The first-order chi connectivity index (χ1) is 6.63. The van der Waals surface area contributed by atoms with E-state index in [0.29, 0.717) is 0 Å². The van der Waals surface area contributed by atoms with Crippen LogP contribution in [0.4, 0.5) is 0 Å². The fourth-order valence-corrected chi connectivity index (χ4v) is 1.54. The van der Waals surface area contributed by atoms with Gasteiger partial charge in [0, 0.05) is 12.1 Å². The topological polar surface area (TPSA) is 40.2 Å². The summed E-state index contributed by atoms with van der Waals surface area (Å²) in [6.07, 6.45) is 0. The van der Waals surface area contributed by atoms with Crippen molar-refractivity contribution in [2.24, 2.45) is 0 Å². The Labute approximate surface area is 80.4 Å². The lowest BCUT2D eigenvalue weighted by atomic mass is 10.3. The summed E-state index contributed by atoms with van der Waals surface area (Å²) in [6.45, 7) is 0. The number of carbonyl (C=O) groups is 2. The number of benzene rings is 1. The van der Waals surface area contributed by atoms with Gasteiger partial charge in [-0.1, -0.05) is 12.1 Å². The summed E-state index contributed by atoms with van der Waals surface area (Å²) in [5, 5.41) is 1.53. The van der Waals surface area contributed by atoms with Gasteiger partial charge in [0.15, 0.2) is 0 Å². The van der Waals surface area contributed by atoms with E-state index in [1.54, 1.807) is 14.1 Å². The first-order valence-corrected chi connectivity index (χ1v) is 4.27. The molecule has 0 fully saturated rings. The van der Waals surface area contributed by atoms with Crippen LogP contribution in [0.5, 0.6) is 0 Å². The van der Waals surface area contributed by atoms with E-state index in [-0.39, 0.29) is 0 Å². The van der Waals surface area contributed by atoms with Crippen molar-refractivity contribution in [3.05, 3.63) is 35.0 Å². The van der Waals surface area contributed by atoms with Crippen LogP contribution in [0.3, 0.4) is 0 Å². The van der Waals surface area contributed by atoms with E-state index in [9.17, 15) is 9.59 Å². The molecule has 0 saturated carbocycles. The summed E-state index contributed by atoms with van der Waals surface area (Å²) in [5.41, 5.74) is 0. The zero-order valence-electron chi connectivity index (χ0n) is 8.02. The Hall–Kier alpha value is -1.84. The van der Waals surface area contributed by atoms with Crippen molar-refractivity contribution in [1.29, 1.82) is 0 Å². The van der Waals surface area contributed by atoms with Gasteiger partial charge in [-0.25, -0.2) is 9.59 Å². The summed E-state index contributed by atoms with van der Waals surface area (Å²) in [5.74, 6) is -0.989. The SMILES string of the molecule is C[N+]1=c2ccccc2=[N+](C)C(=O)C1=O. The van der Waals surface area contributed by atoms with Crippen LogP contribution in [0.15, 0.2) is 24.3 Å². The Balaban J connectivity index is 3.06. The Morgan fingerprint density at radius 1 is 0.857 bits per heavy atom. The number of hydrogen-bond acceptors (Lipinski definition) is 2. The van der Waals surface area contributed by atoms with Crippen molar-refractivity contribution in [3.63, 3.8) is 0 Å². The molecule has 0 unspecified atom stereocenters. The van der Waals surface area contributed by atoms with E-state index in [1.165, 1.54) is 9.15 Å². The molecular formula is C10H10N2O2+2. The molecule has 70 valence electrons. The van der Waals surface area contributed by atoms with Crippen LogP contribution in [0, 0.1) is 0 Å². The van der Waals surface area contributed by atoms with Crippen molar-refractivity contribution < 1.29 is 9.59 Å². The molecule has 1 aliphatic rings. The normalized spacial score (nSPS) is 15.9. The Bertz CT molecular complexity index is 507. The van der Waals surface area contributed by atoms with E-state index in [2.05, 4.69) is 0 Å². The third-order valence-electron chi connectivity index (χ3n) is 2.40. The highest BCUT2D eigenvalue weighted by Gasteiger charge is 2.38. The average Bonchev–Trinajstić information content (AvgIpc) is 2.23. The Morgan fingerprint density at radius 2 is 1.21 bits per heavy atom. The first-order valence-electron chi connectivity index (χ1n) is 4.27. The number of amides is 2. The molecule has 0 aromatic heterocycles. The monoisotopic (exact) mass is 190 g/mol. The van der Waals surface area contributed by atoms with Gasteiger partial charge in [-0.15, -0.1) is 9.15 Å². The number of carbonyl (C=O) groups excluding carboxylic acids is 2. The van der Waals surface area contributed by atoms with Crippen LogP contribution in [0.2, 0.25) is 0 Å². The second-order valence-electron chi connectivity index (χ2n) is 3.22. The molecule has 14 heavy (non-hydrogen) atoms. The van der Waals surface area contributed by atoms with Crippen molar-refractivity contribution in [1.82, 2.24) is 9.15 Å². The van der Waals surface area contributed by atoms with Crippen LogP contribution in [-0.4, -0.2) is 25.9 Å². The molecule has 2 rings (SSSR count). The van der Waals surface area contributed by atoms with Crippen molar-refractivity contribution in [3.8, 4) is 0 Å². The molecule has 0 N–H and O–H groups in total. The molecule has 4 nitrogen and oxygen atoms in total. The van der Waals surface area contributed by atoms with Gasteiger partial charge in [0.05, 0.1) is 0 Å². The first kappa shape index (κ1) is 8.74. The van der Waals surface area contributed by atoms with E-state index >= 15 is 0 Å². The van der Waals surface area contributed by atoms with Crippen LogP contribution in [0.1, 0.15) is 0 Å². The number of fused-ring (bicyclic) bond motifs is 1. The third kappa shape index (κ3) is 1.00. The quantitative estimate of drug-likeness (QED) is 0.350. The molecule has 1 aromatic rings. The van der Waals surface area contributed by atoms with Gasteiger partial charge in [0.2, 0.25) is 0 Å². The van der Waals surface area contributed by atoms with Crippen molar-refractivity contribution in [2.45, 2.75) is 0 Å². The molecule has 0 radical (unpaired) electrons. The minimum Gasteiger partial charge on any atom is -0.203 e. The number of para-hydroxylation sites is 2. The maximum Gasteiger partial charge on any atom is 0.528 e. The molecule has 4 heteroatoms. The maximum absolute atomic E-state index is 11.4. The summed E-state index contributed by atoms with van der Waals surface area (Å²) in [4.78, 5) is 22.9. The molecular weight excluding hydrogens is 180 g/mol. The Kier molecular flexibility index (Phi) is 1.77. The minimum absolute atomic E-state index is 0.494. The number of rotatable bonds is 0. The predicted molar refractivity (Wildman–Crippen MR) is 50.0 cm³/mol. The van der Waals surface area contributed by atoms with Gasteiger partial charge in [-0.2, -0.15) is 0 Å². The smallest absolute Gasteiger partial charge is 0.203 e. The van der Waals surface area contributed by atoms with Crippen LogP contribution >= 0.6 is 0 Å². The highest BCUT2D eigenvalue weighted by Crippen LogP contribution is 1.79. The molecule has 2 amide bonds. The lowest BCUT2D eigenvalue weighted by Crippen LogP contribution is -2.57. The Morgan fingerprint density at radius 3 is 1.57 bits per heavy atom. The van der Waals surface area contributed by atoms with Gasteiger partial charge in [-0.3, -0.25) is 0 Å². The number of nitrogens with zero attached hydrogens (tertiary/aromatic N) is 2. The zero-order valence-corrected chi connectivity index (χ0v) is 8.02. The zero-order chi connectivity index (χ0) is 10.3. The van der Waals surface area contributed by atoms with Crippen molar-refractivity contribution in [2.75, 3.05) is 14.1 Å². The van der Waals surface area contributed by atoms with E-state index in [4.69, 9.17) is 0 Å². The highest BCUT2D eigenvalue weighted by molar-refractivity contribution is 6.36. The highest BCUT2D eigenvalue weighted by atomic mass is 16.2. The minimum atomic E-state index is -0.494. The fraction of sp³-hybridized carbons (Fsp3) is 0.200. The standard InChI is InChI=1S/C10H10N2O2/c1-11-7-5-3-4-6-8(7)12(2)10(14)9(11)13/h3-6H,1-2H3/q+2. The number of hydrogen-bond donors (Lipinski definition) is 0. The van der Waals surface area contributed by atoms with Gasteiger partial charge < -0.3 is 0 Å². The van der Waals surface area contributed by atoms with Gasteiger partial charge in [0.25, 0.3) is 10.7 Å². The van der Waals surface area contributed by atoms with Crippen molar-refractivity contribution >= 4 is 11.8 Å². The van der Waals surface area contributed by atoms with Gasteiger partial charge in [-0.05, 0) is 0 Å². The fourth-order valence-electron chi connectivity index (χ4n) is 1.54. The summed E-state index contributed by atoms with van der Waals surface area (Å²) in [6, 6.07) is 7.31. The largest absolute Gasteiger partial charge is 0.528 e. The lowest BCUT2D eigenvalue weighted by Gasteiger charge is -1.97. The summed E-state index contributed by atoms with van der Waals surface area (Å²) in [7, 11) is 3.21. The molecule has 1 aromatic carbocycles. The molecule has 1 aliphatic heterocycles. The van der Waals surface area contributed by atoms with Crippen LogP contribution in [0.25, 0.3) is 0 Å². The lowest BCUT2D eigenvalue weighted by molar-refractivity contribution is -0.141. The molecule has 1 heterocycles. The number of likely N-dealkylation sites (N-methyl/N-ethyl adjacent to an activating group) is 2. The summed E-state index contributed by atoms with van der Waals surface area (Å²) < 4.78 is 2.75. The van der Waals surface area contributed by atoms with Gasteiger partial charge in [0.1, 0.15) is 14.1 Å². The molecule has 0 spiro atoms. The van der Waals surface area contributed by atoms with Crippen LogP contribution < -0.4 is 19.9 Å². The third-order valence-corrected chi connectivity index (χ3v) is 2.40.